The minimum atomic E-state index is -2.98. The molecule has 1 aromatic rings. The van der Waals surface area contributed by atoms with E-state index in [0.717, 1.165) is 33.3 Å². The van der Waals surface area contributed by atoms with Gasteiger partial charge in [-0.05, 0) is 48.8 Å². The van der Waals surface area contributed by atoms with Crippen molar-refractivity contribution >= 4 is 19.7 Å². The summed E-state index contributed by atoms with van der Waals surface area (Å²) in [6.07, 6.45) is 1.23. The lowest BCUT2D eigenvalue weighted by Crippen LogP contribution is -1.99. The number of aryl methyl sites for hydroxylation is 3. The van der Waals surface area contributed by atoms with E-state index < -0.39 is 8.87 Å². The maximum absolute atomic E-state index is 11.0. The first-order valence-corrected chi connectivity index (χ1v) is 7.97. The van der Waals surface area contributed by atoms with Crippen LogP contribution in [0.4, 0.5) is 0 Å². The molecule has 0 aliphatic heterocycles. The minimum Gasteiger partial charge on any atom is -0.258 e. The summed E-state index contributed by atoms with van der Waals surface area (Å²) in [6, 6.07) is 1.98. The second kappa shape index (κ2) is 4.53. The van der Waals surface area contributed by atoms with E-state index in [4.69, 9.17) is 0 Å². The van der Waals surface area contributed by atoms with Crippen molar-refractivity contribution in [2.24, 2.45) is 0 Å². The highest BCUT2D eigenvalue weighted by Gasteiger charge is 2.09. The molecule has 5 heteroatoms. The minimum absolute atomic E-state index is 0.476. The van der Waals surface area contributed by atoms with Gasteiger partial charge in [-0.1, -0.05) is 0 Å². The third-order valence-corrected chi connectivity index (χ3v) is 4.57. The standard InChI is InChI=1S/C10H15NO2S2/c1-7-5-8(2)11-9(3)10(7)6-14-15(4,12)13/h5H,6H2,1-4H3. The van der Waals surface area contributed by atoms with Gasteiger partial charge in [0.15, 0.2) is 8.87 Å². The van der Waals surface area contributed by atoms with Crippen LogP contribution in [0.3, 0.4) is 0 Å². The third kappa shape index (κ3) is 3.83. The Morgan fingerprint density at radius 2 is 1.93 bits per heavy atom. The molecule has 0 amide bonds. The molecule has 0 N–H and O–H groups in total. The van der Waals surface area contributed by atoms with Gasteiger partial charge in [-0.2, -0.15) is 0 Å². The monoisotopic (exact) mass is 245 g/mol. The first-order valence-electron chi connectivity index (χ1n) is 4.58. The van der Waals surface area contributed by atoms with Crippen molar-refractivity contribution in [2.45, 2.75) is 26.5 Å². The van der Waals surface area contributed by atoms with Crippen LogP contribution in [0.1, 0.15) is 22.5 Å². The van der Waals surface area contributed by atoms with Crippen LogP contribution >= 0.6 is 10.8 Å². The maximum Gasteiger partial charge on any atom is 0.199 e. The van der Waals surface area contributed by atoms with Crippen molar-refractivity contribution in [3.8, 4) is 0 Å². The molecule has 0 aliphatic carbocycles. The van der Waals surface area contributed by atoms with E-state index in [2.05, 4.69) is 4.98 Å². The van der Waals surface area contributed by atoms with E-state index in [-0.39, 0.29) is 0 Å². The molecule has 15 heavy (non-hydrogen) atoms. The Morgan fingerprint density at radius 1 is 1.33 bits per heavy atom. The molecule has 3 nitrogen and oxygen atoms in total. The van der Waals surface area contributed by atoms with Crippen molar-refractivity contribution in [3.05, 3.63) is 28.6 Å². The van der Waals surface area contributed by atoms with E-state index in [1.807, 2.05) is 26.8 Å². The van der Waals surface area contributed by atoms with E-state index in [0.29, 0.717) is 5.75 Å². The first kappa shape index (κ1) is 12.5. The van der Waals surface area contributed by atoms with Crippen molar-refractivity contribution in [2.75, 3.05) is 6.26 Å². The van der Waals surface area contributed by atoms with E-state index in [9.17, 15) is 8.42 Å². The lowest BCUT2D eigenvalue weighted by atomic mass is 10.1. The molecule has 0 radical (unpaired) electrons. The molecule has 0 saturated heterocycles. The van der Waals surface area contributed by atoms with Crippen LogP contribution < -0.4 is 0 Å². The van der Waals surface area contributed by atoms with Gasteiger partial charge in [0, 0.05) is 23.4 Å². The molecular weight excluding hydrogens is 230 g/mol. The van der Waals surface area contributed by atoms with Crippen LogP contribution in [-0.2, 0) is 14.6 Å². The summed E-state index contributed by atoms with van der Waals surface area (Å²) in [5, 5.41) is 0. The number of rotatable bonds is 3. The lowest BCUT2D eigenvalue weighted by Gasteiger charge is -2.09. The summed E-state index contributed by atoms with van der Waals surface area (Å²) in [6.45, 7) is 5.84. The van der Waals surface area contributed by atoms with Crippen molar-refractivity contribution < 1.29 is 8.42 Å². The molecule has 0 spiro atoms. The fourth-order valence-electron chi connectivity index (χ4n) is 1.43. The quantitative estimate of drug-likeness (QED) is 0.766. The van der Waals surface area contributed by atoms with Gasteiger partial charge >= 0.3 is 0 Å². The topological polar surface area (TPSA) is 47.0 Å². The lowest BCUT2D eigenvalue weighted by molar-refractivity contribution is 0.615. The molecule has 0 unspecified atom stereocenters. The molecule has 1 rings (SSSR count). The molecule has 0 atom stereocenters. The molecular formula is C10H15NO2S2. The summed E-state index contributed by atoms with van der Waals surface area (Å²) >= 11 is 0. The zero-order valence-corrected chi connectivity index (χ0v) is 11.0. The highest BCUT2D eigenvalue weighted by Crippen LogP contribution is 2.22. The zero-order chi connectivity index (χ0) is 11.6. The number of hydrogen-bond donors (Lipinski definition) is 0. The summed E-state index contributed by atoms with van der Waals surface area (Å²) in [5.74, 6) is 0.476. The summed E-state index contributed by atoms with van der Waals surface area (Å²) < 4.78 is 22.1. The van der Waals surface area contributed by atoms with Crippen molar-refractivity contribution in [1.82, 2.24) is 4.98 Å². The Hall–Kier alpha value is -0.550. The molecule has 0 fully saturated rings. The largest absolute Gasteiger partial charge is 0.258 e. The first-order chi connectivity index (χ1) is 6.79. The fraction of sp³-hybridized carbons (Fsp3) is 0.500. The molecule has 0 aliphatic rings. The van der Waals surface area contributed by atoms with Gasteiger partial charge in [-0.25, -0.2) is 8.42 Å². The highest BCUT2D eigenvalue weighted by molar-refractivity contribution is 8.71. The molecule has 0 saturated carbocycles. The van der Waals surface area contributed by atoms with E-state index in [1.165, 1.54) is 6.26 Å². The average Bonchev–Trinajstić information content (AvgIpc) is 1.99. The summed E-state index contributed by atoms with van der Waals surface area (Å²) in [4.78, 5) is 4.33. The van der Waals surface area contributed by atoms with Gasteiger partial charge in [-0.3, -0.25) is 4.98 Å². The number of pyridine rings is 1. The molecule has 84 valence electrons. The predicted molar refractivity (Wildman–Crippen MR) is 64.6 cm³/mol. The van der Waals surface area contributed by atoms with Gasteiger partial charge in [-0.15, -0.1) is 0 Å². The van der Waals surface area contributed by atoms with Crippen LogP contribution in [0.2, 0.25) is 0 Å². The Labute approximate surface area is 94.6 Å². The average molecular weight is 245 g/mol. The summed E-state index contributed by atoms with van der Waals surface area (Å²) in [7, 11) is -2.02. The van der Waals surface area contributed by atoms with Gasteiger partial charge in [0.05, 0.1) is 0 Å². The Balaban J connectivity index is 2.96. The fourth-order valence-corrected chi connectivity index (χ4v) is 3.20. The van der Waals surface area contributed by atoms with Crippen molar-refractivity contribution in [1.29, 1.82) is 0 Å². The summed E-state index contributed by atoms with van der Waals surface area (Å²) in [5.41, 5.74) is 4.02. The van der Waals surface area contributed by atoms with Gasteiger partial charge in [0.1, 0.15) is 0 Å². The SMILES string of the molecule is Cc1cc(C)c(CSS(C)(=O)=O)c(C)n1. The molecule has 0 bridgehead atoms. The van der Waals surface area contributed by atoms with E-state index >= 15 is 0 Å². The molecule has 1 aromatic heterocycles. The zero-order valence-electron chi connectivity index (χ0n) is 9.36. The number of nitrogens with zero attached hydrogens (tertiary/aromatic N) is 1. The van der Waals surface area contributed by atoms with Crippen LogP contribution in [0, 0.1) is 20.8 Å². The van der Waals surface area contributed by atoms with Crippen LogP contribution in [-0.4, -0.2) is 19.7 Å². The highest BCUT2D eigenvalue weighted by atomic mass is 33.1. The third-order valence-electron chi connectivity index (χ3n) is 2.10. The normalized spacial score (nSPS) is 11.7. The Kier molecular flexibility index (Phi) is 3.78. The Bertz CT molecular complexity index is 443. The number of aromatic nitrogens is 1. The van der Waals surface area contributed by atoms with Crippen LogP contribution in [0.25, 0.3) is 0 Å². The second-order valence-electron chi connectivity index (χ2n) is 3.61. The van der Waals surface area contributed by atoms with E-state index in [1.54, 1.807) is 0 Å². The van der Waals surface area contributed by atoms with Gasteiger partial charge < -0.3 is 0 Å². The predicted octanol–water partition coefficient (Wildman–Crippen LogP) is 2.20. The van der Waals surface area contributed by atoms with Crippen LogP contribution in [0.15, 0.2) is 6.07 Å². The van der Waals surface area contributed by atoms with Gasteiger partial charge in [0.2, 0.25) is 0 Å². The van der Waals surface area contributed by atoms with Crippen LogP contribution in [0.5, 0.6) is 0 Å². The molecule has 1 heterocycles. The van der Waals surface area contributed by atoms with Crippen molar-refractivity contribution in [3.63, 3.8) is 0 Å². The second-order valence-corrected chi connectivity index (χ2v) is 8.07. The smallest absolute Gasteiger partial charge is 0.199 e. The molecule has 0 aromatic carbocycles. The Morgan fingerprint density at radius 3 is 2.40 bits per heavy atom. The van der Waals surface area contributed by atoms with Gasteiger partial charge in [0.25, 0.3) is 0 Å². The number of hydrogen-bond acceptors (Lipinski definition) is 4. The maximum atomic E-state index is 11.0.